The van der Waals surface area contributed by atoms with Gasteiger partial charge in [0.2, 0.25) is 0 Å². The maximum absolute atomic E-state index is 6.17. The Balaban J connectivity index is 1.11. The summed E-state index contributed by atoms with van der Waals surface area (Å²) in [6, 6.07) is 79.3. The van der Waals surface area contributed by atoms with Gasteiger partial charge in [-0.15, -0.1) is 0 Å². The van der Waals surface area contributed by atoms with Crippen molar-refractivity contribution in [2.24, 2.45) is 0 Å². The van der Waals surface area contributed by atoms with Crippen LogP contribution in [0, 0.1) is 0 Å². The van der Waals surface area contributed by atoms with E-state index in [1.807, 2.05) is 12.1 Å². The molecule has 10 aromatic rings. The zero-order valence-electron chi connectivity index (χ0n) is 31.9. The average molecular weight is 742 g/mol. The van der Waals surface area contributed by atoms with Gasteiger partial charge < -0.3 is 9.32 Å². The average Bonchev–Trinajstić information content (AvgIpc) is 3.68. The third-order valence-electron chi connectivity index (χ3n) is 11.9. The van der Waals surface area contributed by atoms with Gasteiger partial charge in [0.25, 0.3) is 0 Å². The van der Waals surface area contributed by atoms with E-state index in [1.54, 1.807) is 0 Å². The molecule has 11 rings (SSSR count). The number of para-hydroxylation sites is 2. The number of hydrogen-bond acceptors (Lipinski definition) is 2. The van der Waals surface area contributed by atoms with E-state index in [4.69, 9.17) is 4.42 Å². The summed E-state index contributed by atoms with van der Waals surface area (Å²) < 4.78 is 6.17. The van der Waals surface area contributed by atoms with Crippen LogP contribution in [-0.4, -0.2) is 0 Å². The molecule has 1 heterocycles. The fourth-order valence-corrected chi connectivity index (χ4v) is 9.09. The van der Waals surface area contributed by atoms with Crippen LogP contribution >= 0.6 is 0 Å². The Bertz CT molecular complexity index is 3090. The Hall–Kier alpha value is -7.42. The number of nitrogens with zero attached hydrogens (tertiary/aromatic N) is 1. The van der Waals surface area contributed by atoms with Crippen LogP contribution in [0.2, 0.25) is 0 Å². The van der Waals surface area contributed by atoms with Crippen molar-refractivity contribution < 1.29 is 4.42 Å². The first kappa shape index (κ1) is 33.9. The molecule has 0 fully saturated rings. The van der Waals surface area contributed by atoms with Gasteiger partial charge in [-0.25, -0.2) is 0 Å². The van der Waals surface area contributed by atoms with Crippen LogP contribution in [0.1, 0.15) is 22.6 Å². The first-order chi connectivity index (χ1) is 28.8. The van der Waals surface area contributed by atoms with Gasteiger partial charge in [-0.1, -0.05) is 176 Å². The van der Waals surface area contributed by atoms with Crippen LogP contribution in [0.15, 0.2) is 223 Å². The zero-order chi connectivity index (χ0) is 38.4. The fraction of sp³-hybridized carbons (Fsp3) is 0.0357. The molecule has 1 unspecified atom stereocenters. The van der Waals surface area contributed by atoms with Crippen molar-refractivity contribution in [3.05, 3.63) is 235 Å². The summed E-state index contributed by atoms with van der Waals surface area (Å²) in [4.78, 5) is 2.48. The summed E-state index contributed by atoms with van der Waals surface area (Å²) in [6.45, 7) is 0. The molecule has 1 aliphatic carbocycles. The molecule has 0 amide bonds. The Labute approximate surface area is 338 Å². The van der Waals surface area contributed by atoms with E-state index in [9.17, 15) is 0 Å². The van der Waals surface area contributed by atoms with E-state index in [1.165, 1.54) is 50.1 Å². The Morgan fingerprint density at radius 3 is 1.78 bits per heavy atom. The summed E-state index contributed by atoms with van der Waals surface area (Å²) in [6.07, 6.45) is 0.947. The fourth-order valence-electron chi connectivity index (χ4n) is 9.09. The van der Waals surface area contributed by atoms with Crippen LogP contribution in [0.5, 0.6) is 0 Å². The van der Waals surface area contributed by atoms with Gasteiger partial charge in [0, 0.05) is 33.5 Å². The molecule has 1 aliphatic rings. The highest BCUT2D eigenvalue weighted by Gasteiger charge is 2.28. The molecule has 0 aliphatic heterocycles. The predicted molar refractivity (Wildman–Crippen MR) is 242 cm³/mol. The molecule has 0 spiro atoms. The minimum atomic E-state index is 0.206. The number of rotatable bonds is 7. The maximum atomic E-state index is 6.17. The minimum absolute atomic E-state index is 0.206. The predicted octanol–water partition coefficient (Wildman–Crippen LogP) is 15.4. The maximum Gasteiger partial charge on any atom is 0.135 e. The van der Waals surface area contributed by atoms with Crippen LogP contribution in [0.25, 0.3) is 66.4 Å². The largest absolute Gasteiger partial charge is 0.456 e. The highest BCUT2D eigenvalue weighted by atomic mass is 16.3. The highest BCUT2D eigenvalue weighted by molar-refractivity contribution is 6.06. The number of fused-ring (bicyclic) bond motifs is 6. The van der Waals surface area contributed by atoms with E-state index in [0.717, 1.165) is 56.5 Å². The quantitative estimate of drug-likeness (QED) is 0.162. The van der Waals surface area contributed by atoms with E-state index >= 15 is 0 Å². The van der Waals surface area contributed by atoms with Gasteiger partial charge in [-0.05, 0) is 99.0 Å². The molecule has 0 N–H and O–H groups in total. The van der Waals surface area contributed by atoms with Crippen LogP contribution < -0.4 is 4.90 Å². The molecule has 2 heteroatoms. The van der Waals surface area contributed by atoms with E-state index in [2.05, 4.69) is 211 Å². The van der Waals surface area contributed by atoms with Crippen molar-refractivity contribution in [2.75, 3.05) is 4.90 Å². The first-order valence-corrected chi connectivity index (χ1v) is 20.1. The SMILES string of the molecule is c1ccc(-c2ccccc2N(c2ccc(-c3ccc4oc5ccccc5c4c3)cc2)c2cc(C3Cc4ccccc4-c4ccccc43)ccc2-c2ccccc2)cc1. The number of benzene rings is 9. The number of furan rings is 1. The Kier molecular flexibility index (Phi) is 8.33. The summed E-state index contributed by atoms with van der Waals surface area (Å²) in [5, 5.41) is 2.27. The Morgan fingerprint density at radius 1 is 0.379 bits per heavy atom. The van der Waals surface area contributed by atoms with Crippen LogP contribution in [0.3, 0.4) is 0 Å². The normalized spacial score (nSPS) is 13.3. The third kappa shape index (κ3) is 5.90. The van der Waals surface area contributed by atoms with Crippen molar-refractivity contribution in [1.82, 2.24) is 0 Å². The molecular weight excluding hydrogens is 703 g/mol. The topological polar surface area (TPSA) is 16.4 Å². The van der Waals surface area contributed by atoms with Gasteiger partial charge in [0.15, 0.2) is 0 Å². The van der Waals surface area contributed by atoms with Crippen molar-refractivity contribution >= 4 is 39.0 Å². The van der Waals surface area contributed by atoms with E-state index in [-0.39, 0.29) is 5.92 Å². The smallest absolute Gasteiger partial charge is 0.135 e. The number of anilines is 3. The lowest BCUT2D eigenvalue weighted by Gasteiger charge is -2.32. The van der Waals surface area contributed by atoms with Crippen molar-refractivity contribution in [2.45, 2.75) is 12.3 Å². The van der Waals surface area contributed by atoms with Gasteiger partial charge in [-0.2, -0.15) is 0 Å². The van der Waals surface area contributed by atoms with Crippen LogP contribution in [-0.2, 0) is 6.42 Å². The molecule has 1 aromatic heterocycles. The summed E-state index contributed by atoms with van der Waals surface area (Å²) in [5.74, 6) is 0.206. The third-order valence-corrected chi connectivity index (χ3v) is 11.9. The minimum Gasteiger partial charge on any atom is -0.456 e. The van der Waals surface area contributed by atoms with Crippen LogP contribution in [0.4, 0.5) is 17.1 Å². The number of hydrogen-bond donors (Lipinski definition) is 0. The molecule has 274 valence electrons. The van der Waals surface area contributed by atoms with Gasteiger partial charge in [0.05, 0.1) is 11.4 Å². The second kappa shape index (κ2) is 14.3. The first-order valence-electron chi connectivity index (χ1n) is 20.1. The lowest BCUT2D eigenvalue weighted by atomic mass is 9.75. The van der Waals surface area contributed by atoms with Crippen molar-refractivity contribution in [3.8, 4) is 44.5 Å². The lowest BCUT2D eigenvalue weighted by Crippen LogP contribution is -2.15. The zero-order valence-corrected chi connectivity index (χ0v) is 31.9. The van der Waals surface area contributed by atoms with Gasteiger partial charge >= 0.3 is 0 Å². The molecule has 58 heavy (non-hydrogen) atoms. The molecule has 0 saturated carbocycles. The Morgan fingerprint density at radius 2 is 0.983 bits per heavy atom. The second-order valence-corrected chi connectivity index (χ2v) is 15.2. The summed E-state index contributed by atoms with van der Waals surface area (Å²) in [7, 11) is 0. The molecule has 0 bridgehead atoms. The van der Waals surface area contributed by atoms with E-state index < -0.39 is 0 Å². The monoisotopic (exact) mass is 741 g/mol. The van der Waals surface area contributed by atoms with Gasteiger partial charge in [-0.3, -0.25) is 0 Å². The van der Waals surface area contributed by atoms with E-state index in [0.29, 0.717) is 0 Å². The molecular formula is C56H39NO. The molecule has 1 atom stereocenters. The summed E-state index contributed by atoms with van der Waals surface area (Å²) >= 11 is 0. The highest BCUT2D eigenvalue weighted by Crippen LogP contribution is 2.49. The molecule has 0 saturated heterocycles. The molecule has 0 radical (unpaired) electrons. The van der Waals surface area contributed by atoms with Gasteiger partial charge in [0.1, 0.15) is 11.2 Å². The molecule has 9 aromatic carbocycles. The second-order valence-electron chi connectivity index (χ2n) is 15.2. The summed E-state index contributed by atoms with van der Waals surface area (Å²) in [5.41, 5.74) is 18.9. The van der Waals surface area contributed by atoms with Crippen molar-refractivity contribution in [3.63, 3.8) is 0 Å². The lowest BCUT2D eigenvalue weighted by molar-refractivity contribution is 0.669. The molecule has 2 nitrogen and oxygen atoms in total. The standard InChI is InChI=1S/C56H39NO/c1-3-15-39(16-4-1)46-21-11-13-25-53(46)57(44-31-27-38(28-32-44)41-30-34-56-52(35-41)50-24-12-14-26-55(50)58-56)54-37-43(29-33-47(54)40-17-5-2-6-18-40)51-36-42-19-7-8-20-45(42)48-22-9-10-23-49(48)51/h1-35,37,51H,36H2. The van der Waals surface area contributed by atoms with Crippen molar-refractivity contribution in [1.29, 1.82) is 0 Å².